The predicted molar refractivity (Wildman–Crippen MR) is 114 cm³/mol. The zero-order valence-corrected chi connectivity index (χ0v) is 16.9. The predicted octanol–water partition coefficient (Wildman–Crippen LogP) is 4.31. The summed E-state index contributed by atoms with van der Waals surface area (Å²) in [6, 6.07) is 18.1. The van der Waals surface area contributed by atoms with E-state index in [0.717, 1.165) is 54.9 Å². The third kappa shape index (κ3) is 3.95. The van der Waals surface area contributed by atoms with Crippen LogP contribution in [0.1, 0.15) is 43.1 Å². The molecule has 0 N–H and O–H groups in total. The number of nitrogens with zero attached hydrogens (tertiary/aromatic N) is 3. The maximum Gasteiger partial charge on any atom is 0.266 e. The molecule has 3 aromatic rings. The lowest BCUT2D eigenvalue weighted by molar-refractivity contribution is -0.143. The minimum absolute atomic E-state index is 0.0225. The number of benzene rings is 2. The standard InChI is InChI=1S/C24H25N3O3/c28-24(22-15-19(26-30-22)13-12-17-7-2-1-3-8-17)27-14-6-9-18(16-27)23-25-20-10-4-5-11-21(20)29-23/h1-5,7-8,10-11,18,22H,6,9,12-16H2. The highest BCUT2D eigenvalue weighted by Crippen LogP contribution is 2.30. The van der Waals surface area contributed by atoms with Crippen LogP contribution < -0.4 is 0 Å². The first-order chi connectivity index (χ1) is 14.8. The molecule has 30 heavy (non-hydrogen) atoms. The second kappa shape index (κ2) is 8.30. The molecular formula is C24H25N3O3. The molecule has 2 aromatic carbocycles. The molecular weight excluding hydrogens is 378 g/mol. The summed E-state index contributed by atoms with van der Waals surface area (Å²) in [5, 5.41) is 4.19. The number of hydrogen-bond acceptors (Lipinski definition) is 5. The Morgan fingerprint density at radius 3 is 2.77 bits per heavy atom. The molecule has 2 atom stereocenters. The highest BCUT2D eigenvalue weighted by molar-refractivity contribution is 5.93. The van der Waals surface area contributed by atoms with Crippen molar-refractivity contribution in [1.29, 1.82) is 0 Å². The van der Waals surface area contributed by atoms with Crippen molar-refractivity contribution in [2.24, 2.45) is 5.16 Å². The molecule has 3 heterocycles. The fraction of sp³-hybridized carbons (Fsp3) is 0.375. The van der Waals surface area contributed by atoms with Gasteiger partial charge in [0.15, 0.2) is 11.5 Å². The van der Waals surface area contributed by atoms with E-state index < -0.39 is 6.10 Å². The van der Waals surface area contributed by atoms with Crippen molar-refractivity contribution in [3.63, 3.8) is 0 Å². The van der Waals surface area contributed by atoms with Gasteiger partial charge in [-0.05, 0) is 43.4 Å². The number of piperidine rings is 1. The summed E-state index contributed by atoms with van der Waals surface area (Å²) >= 11 is 0. The van der Waals surface area contributed by atoms with Crippen LogP contribution in [0.4, 0.5) is 0 Å². The topological polar surface area (TPSA) is 67.9 Å². The molecule has 6 heteroatoms. The lowest BCUT2D eigenvalue weighted by Crippen LogP contribution is -2.44. The quantitative estimate of drug-likeness (QED) is 0.637. The van der Waals surface area contributed by atoms with Gasteiger partial charge in [-0.1, -0.05) is 47.6 Å². The van der Waals surface area contributed by atoms with E-state index in [2.05, 4.69) is 22.3 Å². The molecule has 6 nitrogen and oxygen atoms in total. The Bertz CT molecular complexity index is 1030. The summed E-state index contributed by atoms with van der Waals surface area (Å²) < 4.78 is 5.95. The number of hydrogen-bond donors (Lipinski definition) is 0. The van der Waals surface area contributed by atoms with Gasteiger partial charge in [-0.15, -0.1) is 0 Å². The SMILES string of the molecule is O=C(C1CC(CCc2ccccc2)=NO1)N1CCCC(c2nc3ccccc3o2)C1. The number of oxazole rings is 1. The van der Waals surface area contributed by atoms with Gasteiger partial charge < -0.3 is 14.2 Å². The van der Waals surface area contributed by atoms with Crippen LogP contribution in [-0.4, -0.2) is 40.7 Å². The molecule has 5 rings (SSSR count). The summed E-state index contributed by atoms with van der Waals surface area (Å²) in [5.41, 5.74) is 3.90. The number of carbonyl (C=O) groups excluding carboxylic acids is 1. The number of likely N-dealkylation sites (tertiary alicyclic amines) is 1. The molecule has 154 valence electrons. The molecule has 1 amide bonds. The number of rotatable bonds is 5. The van der Waals surface area contributed by atoms with E-state index in [1.165, 1.54) is 5.56 Å². The van der Waals surface area contributed by atoms with Crippen LogP contribution in [-0.2, 0) is 16.1 Å². The Kier molecular flexibility index (Phi) is 5.22. The molecule has 0 bridgehead atoms. The van der Waals surface area contributed by atoms with E-state index in [0.29, 0.717) is 13.0 Å². The van der Waals surface area contributed by atoms with Crippen LogP contribution in [0.3, 0.4) is 0 Å². The second-order valence-corrected chi connectivity index (χ2v) is 8.08. The number of aryl methyl sites for hydroxylation is 1. The van der Waals surface area contributed by atoms with Gasteiger partial charge in [0.05, 0.1) is 11.6 Å². The lowest BCUT2D eigenvalue weighted by Gasteiger charge is -2.32. The minimum atomic E-state index is -0.502. The normalized spacial score (nSPS) is 21.5. The van der Waals surface area contributed by atoms with Gasteiger partial charge in [-0.3, -0.25) is 4.79 Å². The van der Waals surface area contributed by atoms with Gasteiger partial charge in [0, 0.05) is 19.5 Å². The number of para-hydroxylation sites is 2. The summed E-state index contributed by atoms with van der Waals surface area (Å²) in [5.74, 6) is 0.866. The molecule has 2 aliphatic heterocycles. The average molecular weight is 403 g/mol. The van der Waals surface area contributed by atoms with Crippen molar-refractivity contribution in [1.82, 2.24) is 9.88 Å². The Labute approximate surface area is 175 Å². The summed E-state index contributed by atoms with van der Waals surface area (Å²) in [7, 11) is 0. The van der Waals surface area contributed by atoms with Gasteiger partial charge in [0.25, 0.3) is 5.91 Å². The number of aromatic nitrogens is 1. The third-order valence-corrected chi connectivity index (χ3v) is 5.94. The van der Waals surface area contributed by atoms with Crippen LogP contribution in [0.25, 0.3) is 11.1 Å². The maximum absolute atomic E-state index is 13.0. The van der Waals surface area contributed by atoms with Crippen molar-refractivity contribution in [3.8, 4) is 0 Å². The smallest absolute Gasteiger partial charge is 0.266 e. The van der Waals surface area contributed by atoms with Crippen molar-refractivity contribution < 1.29 is 14.0 Å². The Hall–Kier alpha value is -3.15. The monoisotopic (exact) mass is 403 g/mol. The largest absolute Gasteiger partial charge is 0.440 e. The van der Waals surface area contributed by atoms with Crippen molar-refractivity contribution in [3.05, 3.63) is 66.1 Å². The Morgan fingerprint density at radius 1 is 1.07 bits per heavy atom. The third-order valence-electron chi connectivity index (χ3n) is 5.94. The van der Waals surface area contributed by atoms with Crippen molar-refractivity contribution >= 4 is 22.7 Å². The molecule has 0 aliphatic carbocycles. The van der Waals surface area contributed by atoms with E-state index in [-0.39, 0.29) is 11.8 Å². The van der Waals surface area contributed by atoms with Gasteiger partial charge >= 0.3 is 0 Å². The molecule has 1 aromatic heterocycles. The Morgan fingerprint density at radius 2 is 1.90 bits per heavy atom. The molecule has 0 spiro atoms. The second-order valence-electron chi connectivity index (χ2n) is 8.08. The molecule has 1 saturated heterocycles. The zero-order chi connectivity index (χ0) is 20.3. The molecule has 0 radical (unpaired) electrons. The highest BCUT2D eigenvalue weighted by atomic mass is 16.6. The number of amides is 1. The van der Waals surface area contributed by atoms with Crippen LogP contribution in [0.2, 0.25) is 0 Å². The molecule has 1 fully saturated rings. The van der Waals surface area contributed by atoms with Gasteiger partial charge in [-0.25, -0.2) is 4.98 Å². The zero-order valence-electron chi connectivity index (χ0n) is 16.9. The molecule has 0 saturated carbocycles. The number of fused-ring (bicyclic) bond motifs is 1. The van der Waals surface area contributed by atoms with Crippen molar-refractivity contribution in [2.45, 2.75) is 44.1 Å². The van der Waals surface area contributed by atoms with Crippen LogP contribution >= 0.6 is 0 Å². The van der Waals surface area contributed by atoms with Gasteiger partial charge in [0.2, 0.25) is 6.10 Å². The fourth-order valence-corrected chi connectivity index (χ4v) is 4.29. The fourth-order valence-electron chi connectivity index (χ4n) is 4.29. The van der Waals surface area contributed by atoms with Crippen LogP contribution in [0.15, 0.2) is 64.2 Å². The lowest BCUT2D eigenvalue weighted by atomic mass is 9.97. The number of oxime groups is 1. The maximum atomic E-state index is 13.0. The van der Waals surface area contributed by atoms with Crippen LogP contribution in [0, 0.1) is 0 Å². The van der Waals surface area contributed by atoms with E-state index >= 15 is 0 Å². The number of carbonyl (C=O) groups is 1. The molecule has 2 aliphatic rings. The van der Waals surface area contributed by atoms with E-state index in [1.54, 1.807) is 0 Å². The van der Waals surface area contributed by atoms with E-state index in [1.807, 2.05) is 47.4 Å². The first-order valence-corrected chi connectivity index (χ1v) is 10.7. The minimum Gasteiger partial charge on any atom is -0.440 e. The Balaban J connectivity index is 1.18. The summed E-state index contributed by atoms with van der Waals surface area (Å²) in [6.07, 6.45) is 3.71. The van der Waals surface area contributed by atoms with Gasteiger partial charge in [0.1, 0.15) is 5.52 Å². The van der Waals surface area contributed by atoms with Crippen LogP contribution in [0.5, 0.6) is 0 Å². The average Bonchev–Trinajstić information content (AvgIpc) is 3.45. The summed E-state index contributed by atoms with van der Waals surface area (Å²) in [4.78, 5) is 25.1. The van der Waals surface area contributed by atoms with Crippen molar-refractivity contribution in [2.75, 3.05) is 13.1 Å². The molecule has 2 unspecified atom stereocenters. The first kappa shape index (κ1) is 18.9. The first-order valence-electron chi connectivity index (χ1n) is 10.7. The van der Waals surface area contributed by atoms with E-state index in [4.69, 9.17) is 9.25 Å². The summed E-state index contributed by atoms with van der Waals surface area (Å²) in [6.45, 7) is 1.36. The van der Waals surface area contributed by atoms with E-state index in [9.17, 15) is 4.79 Å². The van der Waals surface area contributed by atoms with Gasteiger partial charge in [-0.2, -0.15) is 0 Å². The highest BCUT2D eigenvalue weighted by Gasteiger charge is 2.35.